The van der Waals surface area contributed by atoms with Gasteiger partial charge in [-0.3, -0.25) is 14.3 Å². The van der Waals surface area contributed by atoms with Crippen LogP contribution in [0.25, 0.3) is 10.4 Å². The molecule has 3 heterocycles. The molecule has 0 radical (unpaired) electrons. The van der Waals surface area contributed by atoms with Crippen LogP contribution in [0, 0.1) is 6.92 Å². The predicted octanol–water partition coefficient (Wildman–Crippen LogP) is -2.28. The van der Waals surface area contributed by atoms with E-state index in [4.69, 9.17) is 24.8 Å². The van der Waals surface area contributed by atoms with Crippen molar-refractivity contribution < 1.29 is 39.4 Å². The van der Waals surface area contributed by atoms with Crippen molar-refractivity contribution >= 4 is 5.97 Å². The smallest absolute Gasteiger partial charge is 0.335 e. The maximum Gasteiger partial charge on any atom is 0.335 e. The van der Waals surface area contributed by atoms with E-state index >= 15 is 0 Å². The quantitative estimate of drug-likeness (QED) is 0.180. The van der Waals surface area contributed by atoms with Gasteiger partial charge in [0.05, 0.1) is 18.8 Å². The maximum atomic E-state index is 12.1. The van der Waals surface area contributed by atoms with Crippen LogP contribution in [0.5, 0.6) is 0 Å². The van der Waals surface area contributed by atoms with E-state index in [9.17, 15) is 29.7 Å². The zero-order chi connectivity index (χ0) is 22.9. The van der Waals surface area contributed by atoms with E-state index in [0.29, 0.717) is 0 Å². The van der Waals surface area contributed by atoms with E-state index in [-0.39, 0.29) is 18.6 Å². The van der Waals surface area contributed by atoms with Gasteiger partial charge < -0.3 is 34.6 Å². The van der Waals surface area contributed by atoms with Crippen LogP contribution in [0.2, 0.25) is 0 Å². The van der Waals surface area contributed by atoms with Gasteiger partial charge in [-0.1, -0.05) is 5.11 Å². The highest BCUT2D eigenvalue weighted by atomic mass is 16.7. The lowest BCUT2D eigenvalue weighted by Crippen LogP contribution is -2.60. The topological polar surface area (TPSA) is 229 Å². The molecule has 2 fully saturated rings. The lowest BCUT2D eigenvalue weighted by atomic mass is 9.99. The van der Waals surface area contributed by atoms with Crippen molar-refractivity contribution in [3.8, 4) is 0 Å². The third-order valence-electron chi connectivity index (χ3n) is 5.10. The second kappa shape index (κ2) is 9.15. The predicted molar refractivity (Wildman–Crippen MR) is 97.8 cm³/mol. The molecule has 2 aliphatic rings. The fraction of sp³-hybridized carbons (Fsp3) is 0.688. The van der Waals surface area contributed by atoms with Crippen LogP contribution in [0.3, 0.4) is 0 Å². The molecule has 2 saturated heterocycles. The van der Waals surface area contributed by atoms with Gasteiger partial charge in [-0.25, -0.2) is 9.59 Å². The monoisotopic (exact) mass is 443 g/mol. The van der Waals surface area contributed by atoms with Gasteiger partial charge >= 0.3 is 11.7 Å². The maximum absolute atomic E-state index is 12.1. The van der Waals surface area contributed by atoms with Crippen LogP contribution < -0.4 is 11.2 Å². The van der Waals surface area contributed by atoms with Crippen LogP contribution in [0.1, 0.15) is 18.2 Å². The molecule has 15 nitrogen and oxygen atoms in total. The molecule has 5 N–H and O–H groups in total. The first kappa shape index (κ1) is 22.9. The molecule has 8 atom stereocenters. The standard InChI is InChI=1S/C16H21N5O10/c1-5-3-21(16(28)18-13(5)25)8-2-6(19-20-17)7(30-8)4-29-15-11(24)9(22)10(23)12(31-15)14(26)27/h3,6-12,15,22-24H,2,4H2,1H3,(H,26,27)(H,18,25,28)/t6-,7+,8+,9-,10-,11+,12-,15+/m0/s1. The average molecular weight is 443 g/mol. The zero-order valence-electron chi connectivity index (χ0n) is 16.1. The van der Waals surface area contributed by atoms with Gasteiger partial charge in [0.1, 0.15) is 24.5 Å². The lowest BCUT2D eigenvalue weighted by Gasteiger charge is -2.38. The van der Waals surface area contributed by atoms with E-state index in [2.05, 4.69) is 15.0 Å². The van der Waals surface area contributed by atoms with Crippen LogP contribution in [0.4, 0.5) is 0 Å². The molecule has 31 heavy (non-hydrogen) atoms. The van der Waals surface area contributed by atoms with Crippen molar-refractivity contribution in [1.82, 2.24) is 9.55 Å². The minimum absolute atomic E-state index is 0.0661. The molecule has 0 spiro atoms. The number of aliphatic hydroxyl groups excluding tert-OH is 3. The van der Waals surface area contributed by atoms with Crippen molar-refractivity contribution in [2.45, 2.75) is 62.4 Å². The Kier molecular flexibility index (Phi) is 6.76. The van der Waals surface area contributed by atoms with Crippen molar-refractivity contribution in [2.24, 2.45) is 5.11 Å². The number of aromatic amines is 1. The van der Waals surface area contributed by atoms with Crippen molar-refractivity contribution in [1.29, 1.82) is 0 Å². The summed E-state index contributed by atoms with van der Waals surface area (Å²) < 4.78 is 17.2. The number of ether oxygens (including phenoxy) is 3. The first-order valence-electron chi connectivity index (χ1n) is 9.19. The normalized spacial score (nSPS) is 35.5. The summed E-state index contributed by atoms with van der Waals surface area (Å²) in [5, 5.41) is 42.3. The summed E-state index contributed by atoms with van der Waals surface area (Å²) >= 11 is 0. The average Bonchev–Trinajstić information content (AvgIpc) is 3.11. The number of aliphatic carboxylic acids is 1. The molecule has 0 unspecified atom stereocenters. The Morgan fingerprint density at radius 1 is 1.32 bits per heavy atom. The number of H-pyrrole nitrogens is 1. The summed E-state index contributed by atoms with van der Waals surface area (Å²) in [6, 6.07) is -0.805. The second-order valence-corrected chi connectivity index (χ2v) is 7.18. The number of aromatic nitrogens is 2. The molecule has 0 bridgehead atoms. The fourth-order valence-electron chi connectivity index (χ4n) is 3.40. The van der Waals surface area contributed by atoms with Crippen molar-refractivity contribution in [2.75, 3.05) is 6.61 Å². The summed E-state index contributed by atoms with van der Waals surface area (Å²) in [6.45, 7) is 1.13. The first-order chi connectivity index (χ1) is 14.6. The highest BCUT2D eigenvalue weighted by Crippen LogP contribution is 2.31. The third kappa shape index (κ3) is 4.62. The van der Waals surface area contributed by atoms with Gasteiger partial charge in [-0.05, 0) is 12.5 Å². The van der Waals surface area contributed by atoms with Gasteiger partial charge in [-0.15, -0.1) is 0 Å². The van der Waals surface area contributed by atoms with E-state index in [1.807, 2.05) is 0 Å². The Morgan fingerprint density at radius 2 is 2.03 bits per heavy atom. The SMILES string of the molecule is Cc1cn([C@H]2C[C@H](N=[N+]=[N-])[C@@H](CO[C@@H]3O[C@H](C(=O)O)[C@@H](O)[C@H](O)[C@H]3O)O2)c(=O)[nH]c1=O. The highest BCUT2D eigenvalue weighted by molar-refractivity contribution is 5.73. The molecule has 15 heteroatoms. The fourth-order valence-corrected chi connectivity index (χ4v) is 3.40. The Hall–Kier alpha value is -2.78. The van der Waals surface area contributed by atoms with Gasteiger partial charge in [0, 0.05) is 23.1 Å². The van der Waals surface area contributed by atoms with Crippen molar-refractivity contribution in [3.63, 3.8) is 0 Å². The molecule has 0 amide bonds. The van der Waals surface area contributed by atoms with Crippen LogP contribution >= 0.6 is 0 Å². The summed E-state index contributed by atoms with van der Waals surface area (Å²) in [5.74, 6) is -1.57. The number of carboxylic acid groups (broad SMARTS) is 1. The van der Waals surface area contributed by atoms with Gasteiger partial charge in [-0.2, -0.15) is 0 Å². The first-order valence-corrected chi connectivity index (χ1v) is 9.19. The Labute approximate surface area is 173 Å². The number of rotatable bonds is 6. The summed E-state index contributed by atoms with van der Waals surface area (Å²) in [7, 11) is 0. The Morgan fingerprint density at radius 3 is 2.68 bits per heavy atom. The minimum atomic E-state index is -1.87. The van der Waals surface area contributed by atoms with Crippen LogP contribution in [-0.2, 0) is 19.0 Å². The van der Waals surface area contributed by atoms with Crippen molar-refractivity contribution in [3.05, 3.63) is 43.0 Å². The number of carboxylic acids is 1. The van der Waals surface area contributed by atoms with E-state index in [1.54, 1.807) is 0 Å². The lowest BCUT2D eigenvalue weighted by molar-refractivity contribution is -0.298. The van der Waals surface area contributed by atoms with Gasteiger partial charge in [0.15, 0.2) is 12.4 Å². The Bertz CT molecular complexity index is 988. The second-order valence-electron chi connectivity index (χ2n) is 7.18. The molecule has 0 aromatic carbocycles. The number of hydrogen-bond donors (Lipinski definition) is 5. The largest absolute Gasteiger partial charge is 0.479 e. The number of aliphatic hydroxyl groups is 3. The molecule has 3 rings (SSSR count). The molecule has 2 aliphatic heterocycles. The van der Waals surface area contributed by atoms with Crippen LogP contribution in [-0.4, -0.2) is 85.4 Å². The van der Waals surface area contributed by atoms with E-state index < -0.39 is 66.3 Å². The van der Waals surface area contributed by atoms with Gasteiger partial charge in [0.2, 0.25) is 0 Å². The number of aryl methyl sites for hydroxylation is 1. The zero-order valence-corrected chi connectivity index (χ0v) is 16.1. The van der Waals surface area contributed by atoms with Gasteiger partial charge in [0.25, 0.3) is 5.56 Å². The highest BCUT2D eigenvalue weighted by Gasteiger charge is 2.48. The van der Waals surface area contributed by atoms with E-state index in [0.717, 1.165) is 4.57 Å². The number of hydrogen-bond acceptors (Lipinski definition) is 10. The van der Waals surface area contributed by atoms with Crippen LogP contribution in [0.15, 0.2) is 20.9 Å². The summed E-state index contributed by atoms with van der Waals surface area (Å²) in [5.41, 5.74) is 7.79. The number of nitrogens with one attached hydrogen (secondary N) is 1. The number of azide groups is 1. The molecule has 1 aromatic heterocycles. The summed E-state index contributed by atoms with van der Waals surface area (Å²) in [4.78, 5) is 39.7. The molecule has 0 aliphatic carbocycles. The minimum Gasteiger partial charge on any atom is -0.479 e. The molecular formula is C16H21N5O10. The number of nitrogens with zero attached hydrogens (tertiary/aromatic N) is 4. The molecular weight excluding hydrogens is 422 g/mol. The molecule has 1 aromatic rings. The molecule has 0 saturated carbocycles. The number of carbonyl (C=O) groups is 1. The van der Waals surface area contributed by atoms with E-state index in [1.165, 1.54) is 13.1 Å². The Balaban J connectivity index is 1.74. The third-order valence-corrected chi connectivity index (χ3v) is 5.10. The summed E-state index contributed by atoms with van der Waals surface area (Å²) in [6.07, 6.45) is -9.39. The molecule has 170 valence electrons.